The lowest BCUT2D eigenvalue weighted by atomic mass is 10.2. The summed E-state index contributed by atoms with van der Waals surface area (Å²) in [5.74, 6) is 1.13. The molecule has 1 amide bonds. The summed E-state index contributed by atoms with van der Waals surface area (Å²) in [5.41, 5.74) is 1.45. The number of hydrogen-bond donors (Lipinski definition) is 0. The fourth-order valence-electron chi connectivity index (χ4n) is 2.38. The number of likely N-dealkylation sites (N-methyl/N-ethyl adjacent to an activating group) is 1. The Balaban J connectivity index is 2.03. The number of halogens is 1. The minimum absolute atomic E-state index is 0.147. The molecule has 0 bridgehead atoms. The van der Waals surface area contributed by atoms with E-state index in [1.807, 2.05) is 24.3 Å². The maximum atomic E-state index is 12.6. The zero-order valence-electron chi connectivity index (χ0n) is 14.3. The summed E-state index contributed by atoms with van der Waals surface area (Å²) in [6.07, 6.45) is -0.643. The molecule has 2 aromatic rings. The quantitative estimate of drug-likeness (QED) is 0.737. The molecule has 0 aliphatic carbocycles. The van der Waals surface area contributed by atoms with Gasteiger partial charge in [0.2, 0.25) is 0 Å². The van der Waals surface area contributed by atoms with Crippen molar-refractivity contribution in [2.75, 3.05) is 14.2 Å². The second kappa shape index (κ2) is 8.54. The van der Waals surface area contributed by atoms with E-state index >= 15 is 0 Å². The van der Waals surface area contributed by atoms with Crippen molar-refractivity contribution in [2.45, 2.75) is 19.6 Å². The number of methoxy groups -OCH3 is 1. The Labute approximate surface area is 155 Å². The number of rotatable bonds is 6. The molecule has 0 N–H and O–H groups in total. The molecule has 5 nitrogen and oxygen atoms in total. The van der Waals surface area contributed by atoms with Crippen molar-refractivity contribution in [3.8, 4) is 17.6 Å². The van der Waals surface area contributed by atoms with E-state index in [2.05, 4.69) is 15.9 Å². The summed E-state index contributed by atoms with van der Waals surface area (Å²) >= 11 is 3.43. The molecule has 1 unspecified atom stereocenters. The summed E-state index contributed by atoms with van der Waals surface area (Å²) in [6.45, 7) is 2.11. The predicted octanol–water partition coefficient (Wildman–Crippen LogP) is 3.76. The minimum atomic E-state index is -0.643. The standard InChI is InChI=1S/C19H19BrN2O3/c1-13(25-17-7-4-14(11-21)5-8-17)19(23)22(2)12-15-10-16(20)6-9-18(15)24-3/h4-10,13H,12H2,1-3H3. The van der Waals surface area contributed by atoms with Gasteiger partial charge in [-0.3, -0.25) is 4.79 Å². The SMILES string of the molecule is COc1ccc(Br)cc1CN(C)C(=O)C(C)Oc1ccc(C#N)cc1. The molecule has 0 aliphatic rings. The summed E-state index contributed by atoms with van der Waals surface area (Å²) in [7, 11) is 3.33. The van der Waals surface area contributed by atoms with Gasteiger partial charge in [0.1, 0.15) is 11.5 Å². The molecule has 25 heavy (non-hydrogen) atoms. The summed E-state index contributed by atoms with van der Waals surface area (Å²) < 4.78 is 11.9. The van der Waals surface area contributed by atoms with Gasteiger partial charge in [-0.2, -0.15) is 5.26 Å². The van der Waals surface area contributed by atoms with Gasteiger partial charge in [0.15, 0.2) is 6.10 Å². The van der Waals surface area contributed by atoms with Gasteiger partial charge in [0, 0.05) is 23.6 Å². The van der Waals surface area contributed by atoms with Crippen LogP contribution in [0.3, 0.4) is 0 Å². The lowest BCUT2D eigenvalue weighted by Gasteiger charge is -2.23. The van der Waals surface area contributed by atoms with Crippen LogP contribution in [0.1, 0.15) is 18.1 Å². The molecule has 0 saturated heterocycles. The molecular formula is C19H19BrN2O3. The van der Waals surface area contributed by atoms with Gasteiger partial charge in [0.25, 0.3) is 5.91 Å². The van der Waals surface area contributed by atoms with Crippen molar-refractivity contribution in [1.29, 1.82) is 5.26 Å². The van der Waals surface area contributed by atoms with Gasteiger partial charge < -0.3 is 14.4 Å². The predicted molar refractivity (Wildman–Crippen MR) is 98.4 cm³/mol. The highest BCUT2D eigenvalue weighted by molar-refractivity contribution is 9.10. The second-order valence-electron chi connectivity index (χ2n) is 5.55. The number of carbonyl (C=O) groups excluding carboxylic acids is 1. The van der Waals surface area contributed by atoms with Crippen LogP contribution in [-0.4, -0.2) is 31.1 Å². The van der Waals surface area contributed by atoms with Crippen LogP contribution in [0.15, 0.2) is 46.9 Å². The minimum Gasteiger partial charge on any atom is -0.496 e. The van der Waals surface area contributed by atoms with Crippen molar-refractivity contribution in [1.82, 2.24) is 4.90 Å². The van der Waals surface area contributed by atoms with Crippen LogP contribution in [0.4, 0.5) is 0 Å². The van der Waals surface area contributed by atoms with Crippen molar-refractivity contribution >= 4 is 21.8 Å². The molecular weight excluding hydrogens is 384 g/mol. The van der Waals surface area contributed by atoms with E-state index in [9.17, 15) is 4.79 Å². The van der Waals surface area contributed by atoms with Crippen molar-refractivity contribution in [3.05, 3.63) is 58.1 Å². The smallest absolute Gasteiger partial charge is 0.263 e. The fourth-order valence-corrected chi connectivity index (χ4v) is 2.79. The highest BCUT2D eigenvalue weighted by Gasteiger charge is 2.20. The molecule has 0 heterocycles. The van der Waals surface area contributed by atoms with Gasteiger partial charge in [-0.15, -0.1) is 0 Å². The Morgan fingerprint density at radius 2 is 1.96 bits per heavy atom. The first-order valence-electron chi connectivity index (χ1n) is 7.68. The van der Waals surface area contributed by atoms with E-state index in [0.717, 1.165) is 15.8 Å². The average molecular weight is 403 g/mol. The lowest BCUT2D eigenvalue weighted by Crippen LogP contribution is -2.37. The first kappa shape index (κ1) is 18.8. The summed E-state index contributed by atoms with van der Waals surface area (Å²) in [5, 5.41) is 8.81. The molecule has 0 aliphatic heterocycles. The van der Waals surface area contributed by atoms with E-state index in [1.165, 1.54) is 0 Å². The van der Waals surface area contributed by atoms with Crippen LogP contribution in [0.5, 0.6) is 11.5 Å². The molecule has 6 heteroatoms. The highest BCUT2D eigenvalue weighted by atomic mass is 79.9. The zero-order valence-corrected chi connectivity index (χ0v) is 15.9. The lowest BCUT2D eigenvalue weighted by molar-refractivity contribution is -0.137. The maximum Gasteiger partial charge on any atom is 0.263 e. The van der Waals surface area contributed by atoms with E-state index in [-0.39, 0.29) is 5.91 Å². The van der Waals surface area contributed by atoms with Crippen molar-refractivity contribution in [2.24, 2.45) is 0 Å². The van der Waals surface area contributed by atoms with Crippen molar-refractivity contribution in [3.63, 3.8) is 0 Å². The first-order valence-corrected chi connectivity index (χ1v) is 8.48. The van der Waals surface area contributed by atoms with Crippen LogP contribution in [0.25, 0.3) is 0 Å². The van der Waals surface area contributed by atoms with Gasteiger partial charge in [-0.25, -0.2) is 0 Å². The summed E-state index contributed by atoms with van der Waals surface area (Å²) in [4.78, 5) is 14.2. The Kier molecular flexibility index (Phi) is 6.43. The Bertz CT molecular complexity index is 784. The molecule has 130 valence electrons. The Hall–Kier alpha value is -2.52. The number of amides is 1. The highest BCUT2D eigenvalue weighted by Crippen LogP contribution is 2.24. The van der Waals surface area contributed by atoms with E-state index < -0.39 is 6.10 Å². The third kappa shape index (κ3) is 4.97. The third-order valence-electron chi connectivity index (χ3n) is 3.67. The number of benzene rings is 2. The van der Waals surface area contributed by atoms with Gasteiger partial charge in [0.05, 0.1) is 18.7 Å². The number of carbonyl (C=O) groups is 1. The van der Waals surface area contributed by atoms with E-state index in [1.54, 1.807) is 50.2 Å². The maximum absolute atomic E-state index is 12.6. The molecule has 0 aromatic heterocycles. The number of ether oxygens (including phenoxy) is 2. The third-order valence-corrected chi connectivity index (χ3v) is 4.16. The molecule has 2 rings (SSSR count). The summed E-state index contributed by atoms with van der Waals surface area (Å²) in [6, 6.07) is 14.4. The first-order chi connectivity index (χ1) is 11.9. The monoisotopic (exact) mass is 402 g/mol. The van der Waals surface area contributed by atoms with Gasteiger partial charge in [-0.1, -0.05) is 15.9 Å². The van der Waals surface area contributed by atoms with Crippen LogP contribution < -0.4 is 9.47 Å². The number of nitrogens with zero attached hydrogens (tertiary/aromatic N) is 2. The van der Waals surface area contributed by atoms with Crippen molar-refractivity contribution < 1.29 is 14.3 Å². The van der Waals surface area contributed by atoms with Gasteiger partial charge >= 0.3 is 0 Å². The molecule has 0 radical (unpaired) electrons. The van der Waals surface area contributed by atoms with E-state index in [0.29, 0.717) is 17.9 Å². The van der Waals surface area contributed by atoms with Crippen LogP contribution in [0.2, 0.25) is 0 Å². The zero-order chi connectivity index (χ0) is 18.4. The van der Waals surface area contributed by atoms with Gasteiger partial charge in [-0.05, 0) is 49.4 Å². The molecule has 1 atom stereocenters. The number of nitriles is 1. The molecule has 2 aromatic carbocycles. The largest absolute Gasteiger partial charge is 0.496 e. The van der Waals surface area contributed by atoms with Crippen LogP contribution >= 0.6 is 15.9 Å². The average Bonchev–Trinajstić information content (AvgIpc) is 2.61. The van der Waals surface area contributed by atoms with Crippen LogP contribution in [-0.2, 0) is 11.3 Å². The Morgan fingerprint density at radius 3 is 2.56 bits per heavy atom. The van der Waals surface area contributed by atoms with E-state index in [4.69, 9.17) is 14.7 Å². The molecule has 0 spiro atoms. The topological polar surface area (TPSA) is 62.6 Å². The molecule has 0 fully saturated rings. The number of hydrogen-bond acceptors (Lipinski definition) is 4. The molecule has 0 saturated carbocycles. The fraction of sp³-hybridized carbons (Fsp3) is 0.263. The Morgan fingerprint density at radius 1 is 1.28 bits per heavy atom. The normalized spacial score (nSPS) is 11.3. The van der Waals surface area contributed by atoms with Crippen LogP contribution in [0, 0.1) is 11.3 Å². The second-order valence-corrected chi connectivity index (χ2v) is 6.46.